The number of fused-ring (bicyclic) bond motifs is 2. The Bertz CT molecular complexity index is 549. The van der Waals surface area contributed by atoms with E-state index in [1.807, 2.05) is 24.3 Å². The van der Waals surface area contributed by atoms with Gasteiger partial charge in [0, 0.05) is 18.2 Å². The topological polar surface area (TPSA) is 29.5 Å². The Morgan fingerprint density at radius 1 is 1.19 bits per heavy atom. The van der Waals surface area contributed by atoms with Gasteiger partial charge in [-0.2, -0.15) is 0 Å². The van der Waals surface area contributed by atoms with Crippen molar-refractivity contribution >= 4 is 5.91 Å². The highest BCUT2D eigenvalue weighted by Crippen LogP contribution is 2.52. The molecule has 0 spiro atoms. The fourth-order valence-electron chi connectivity index (χ4n) is 4.60. The smallest absolute Gasteiger partial charge is 0.254 e. The fraction of sp³-hybridized carbons (Fsp3) is 0.611. The molecule has 3 heteroatoms. The SMILES string of the molecule is COc1ccc(C(=O)N2C[C@@]3(C)C[C@H]2CC(C)(C)C3)cc1. The Kier molecular flexibility index (Phi) is 3.27. The molecule has 1 aliphatic carbocycles. The molecule has 1 aromatic carbocycles. The van der Waals surface area contributed by atoms with Crippen LogP contribution in [0.3, 0.4) is 0 Å². The van der Waals surface area contributed by atoms with Gasteiger partial charge in [-0.25, -0.2) is 0 Å². The standard InChI is InChI=1S/C18H25NO2/c1-17(2)9-14-10-18(3,11-17)12-19(14)16(20)13-5-7-15(21-4)8-6-13/h5-8,14H,9-12H2,1-4H3/t14-,18+/m1/s1. The summed E-state index contributed by atoms with van der Waals surface area (Å²) >= 11 is 0. The summed E-state index contributed by atoms with van der Waals surface area (Å²) in [5, 5.41) is 0. The van der Waals surface area contributed by atoms with E-state index in [1.165, 1.54) is 6.42 Å². The van der Waals surface area contributed by atoms with Crippen molar-refractivity contribution in [3.05, 3.63) is 29.8 Å². The summed E-state index contributed by atoms with van der Waals surface area (Å²) in [7, 11) is 1.64. The minimum atomic E-state index is 0.170. The van der Waals surface area contributed by atoms with Crippen LogP contribution in [0.5, 0.6) is 5.75 Å². The van der Waals surface area contributed by atoms with Crippen LogP contribution in [0.15, 0.2) is 24.3 Å². The molecule has 3 nitrogen and oxygen atoms in total. The second-order valence-corrected chi connectivity index (χ2v) is 7.88. The first-order valence-corrected chi connectivity index (χ1v) is 7.77. The molecule has 0 radical (unpaired) electrons. The predicted molar refractivity (Wildman–Crippen MR) is 83.6 cm³/mol. The molecule has 2 fully saturated rings. The van der Waals surface area contributed by atoms with E-state index in [2.05, 4.69) is 25.7 Å². The Labute approximate surface area is 127 Å². The minimum Gasteiger partial charge on any atom is -0.497 e. The van der Waals surface area contributed by atoms with E-state index in [0.29, 0.717) is 11.5 Å². The van der Waals surface area contributed by atoms with Gasteiger partial charge in [0.15, 0.2) is 0 Å². The maximum absolute atomic E-state index is 12.8. The molecule has 2 aliphatic rings. The van der Waals surface area contributed by atoms with Gasteiger partial charge in [-0.1, -0.05) is 20.8 Å². The second-order valence-electron chi connectivity index (χ2n) is 7.88. The van der Waals surface area contributed by atoms with Crippen molar-refractivity contribution in [3.63, 3.8) is 0 Å². The molecular formula is C18H25NO2. The lowest BCUT2D eigenvalue weighted by Gasteiger charge is -2.39. The third-order valence-corrected chi connectivity index (χ3v) is 5.01. The van der Waals surface area contributed by atoms with Crippen molar-refractivity contribution in [2.75, 3.05) is 13.7 Å². The molecule has 0 aromatic heterocycles. The van der Waals surface area contributed by atoms with E-state index in [4.69, 9.17) is 4.74 Å². The van der Waals surface area contributed by atoms with Crippen LogP contribution in [-0.4, -0.2) is 30.5 Å². The highest BCUT2D eigenvalue weighted by atomic mass is 16.5. The largest absolute Gasteiger partial charge is 0.497 e. The molecule has 2 bridgehead atoms. The Hall–Kier alpha value is -1.51. The number of methoxy groups -OCH3 is 1. The molecule has 1 amide bonds. The van der Waals surface area contributed by atoms with Crippen LogP contribution >= 0.6 is 0 Å². The highest BCUT2D eigenvalue weighted by molar-refractivity contribution is 5.94. The van der Waals surface area contributed by atoms with E-state index in [1.54, 1.807) is 7.11 Å². The Morgan fingerprint density at radius 3 is 2.48 bits per heavy atom. The summed E-state index contributed by atoms with van der Waals surface area (Å²) in [6, 6.07) is 7.86. The van der Waals surface area contributed by atoms with E-state index in [0.717, 1.165) is 30.7 Å². The zero-order valence-corrected chi connectivity index (χ0v) is 13.5. The lowest BCUT2D eigenvalue weighted by atomic mass is 9.65. The van der Waals surface area contributed by atoms with Gasteiger partial charge in [-0.15, -0.1) is 0 Å². The molecular weight excluding hydrogens is 262 g/mol. The molecule has 1 aromatic rings. The monoisotopic (exact) mass is 287 g/mol. The third-order valence-electron chi connectivity index (χ3n) is 5.01. The number of ether oxygens (including phenoxy) is 1. The van der Waals surface area contributed by atoms with Crippen molar-refractivity contribution in [1.82, 2.24) is 4.90 Å². The molecule has 0 N–H and O–H groups in total. The molecule has 0 unspecified atom stereocenters. The summed E-state index contributed by atoms with van der Waals surface area (Å²) in [5.74, 6) is 0.962. The van der Waals surface area contributed by atoms with Crippen molar-refractivity contribution in [2.24, 2.45) is 10.8 Å². The first-order chi connectivity index (χ1) is 9.82. The van der Waals surface area contributed by atoms with Gasteiger partial charge in [0.05, 0.1) is 7.11 Å². The average Bonchev–Trinajstić information content (AvgIpc) is 2.67. The first kappa shape index (κ1) is 14.4. The molecule has 1 saturated heterocycles. The van der Waals surface area contributed by atoms with Crippen molar-refractivity contribution < 1.29 is 9.53 Å². The van der Waals surface area contributed by atoms with Crippen molar-refractivity contribution in [2.45, 2.75) is 46.1 Å². The number of nitrogens with zero attached hydrogens (tertiary/aromatic N) is 1. The number of amides is 1. The molecule has 1 heterocycles. The molecule has 1 saturated carbocycles. The lowest BCUT2D eigenvalue weighted by molar-refractivity contribution is 0.0708. The number of carbonyl (C=O) groups excluding carboxylic acids is 1. The maximum atomic E-state index is 12.8. The number of hydrogen-bond acceptors (Lipinski definition) is 2. The van der Waals surface area contributed by atoms with Crippen LogP contribution in [0.1, 0.15) is 50.4 Å². The molecule has 3 rings (SSSR count). The van der Waals surface area contributed by atoms with Gasteiger partial charge in [0.2, 0.25) is 0 Å². The normalized spacial score (nSPS) is 30.3. The van der Waals surface area contributed by atoms with Crippen LogP contribution < -0.4 is 4.74 Å². The van der Waals surface area contributed by atoms with Gasteiger partial charge in [-0.3, -0.25) is 4.79 Å². The van der Waals surface area contributed by atoms with Crippen molar-refractivity contribution in [3.8, 4) is 5.75 Å². The first-order valence-electron chi connectivity index (χ1n) is 7.77. The lowest BCUT2D eigenvalue weighted by Crippen LogP contribution is -2.37. The Balaban J connectivity index is 1.82. The van der Waals surface area contributed by atoms with Crippen LogP contribution in [0.25, 0.3) is 0 Å². The summed E-state index contributed by atoms with van der Waals surface area (Å²) < 4.78 is 5.16. The number of rotatable bonds is 2. The zero-order valence-electron chi connectivity index (χ0n) is 13.5. The van der Waals surface area contributed by atoms with Gasteiger partial charge in [0.1, 0.15) is 5.75 Å². The summed E-state index contributed by atoms with van der Waals surface area (Å²) in [5.41, 5.74) is 1.39. The van der Waals surface area contributed by atoms with Gasteiger partial charge in [-0.05, 0) is 54.4 Å². The summed E-state index contributed by atoms with van der Waals surface area (Å²) in [4.78, 5) is 14.9. The number of likely N-dealkylation sites (tertiary alicyclic amines) is 1. The van der Waals surface area contributed by atoms with Crippen LogP contribution in [0, 0.1) is 10.8 Å². The number of benzene rings is 1. The molecule has 2 atom stereocenters. The minimum absolute atomic E-state index is 0.170. The number of carbonyl (C=O) groups is 1. The summed E-state index contributed by atoms with van der Waals surface area (Å²) in [6.45, 7) is 7.89. The van der Waals surface area contributed by atoms with Crippen molar-refractivity contribution in [1.29, 1.82) is 0 Å². The third kappa shape index (κ3) is 2.66. The van der Waals surface area contributed by atoms with E-state index >= 15 is 0 Å². The zero-order chi connectivity index (χ0) is 15.3. The maximum Gasteiger partial charge on any atom is 0.254 e. The Morgan fingerprint density at radius 2 is 1.86 bits per heavy atom. The fourth-order valence-corrected chi connectivity index (χ4v) is 4.60. The predicted octanol–water partition coefficient (Wildman–Crippen LogP) is 3.74. The quantitative estimate of drug-likeness (QED) is 0.829. The molecule has 21 heavy (non-hydrogen) atoms. The van der Waals surface area contributed by atoms with Crippen LogP contribution in [0.2, 0.25) is 0 Å². The number of hydrogen-bond donors (Lipinski definition) is 0. The average molecular weight is 287 g/mol. The van der Waals surface area contributed by atoms with Gasteiger partial charge in [0.25, 0.3) is 5.91 Å². The molecule has 1 aliphatic heterocycles. The van der Waals surface area contributed by atoms with Crippen LogP contribution in [0.4, 0.5) is 0 Å². The van der Waals surface area contributed by atoms with Gasteiger partial charge >= 0.3 is 0 Å². The van der Waals surface area contributed by atoms with E-state index in [-0.39, 0.29) is 11.3 Å². The highest BCUT2D eigenvalue weighted by Gasteiger charge is 2.50. The summed E-state index contributed by atoms with van der Waals surface area (Å²) in [6.07, 6.45) is 3.48. The van der Waals surface area contributed by atoms with Gasteiger partial charge < -0.3 is 9.64 Å². The second kappa shape index (κ2) is 4.75. The van der Waals surface area contributed by atoms with E-state index in [9.17, 15) is 4.79 Å². The molecule has 114 valence electrons. The van der Waals surface area contributed by atoms with Crippen LogP contribution in [-0.2, 0) is 0 Å². The van der Waals surface area contributed by atoms with E-state index < -0.39 is 0 Å².